The molecule has 0 fully saturated rings. The number of nitrogens with one attached hydrogen (secondary N) is 2. The number of methoxy groups -OCH3 is 1. The maximum absolute atomic E-state index is 11.7. The zero-order valence-corrected chi connectivity index (χ0v) is 14.8. The van der Waals surface area contributed by atoms with E-state index in [0.29, 0.717) is 16.6 Å². The van der Waals surface area contributed by atoms with Gasteiger partial charge < -0.3 is 14.8 Å². The average Bonchev–Trinajstić information content (AvgIpc) is 2.47. The number of ether oxygens (including phenoxy) is 2. The minimum absolute atomic E-state index is 0.396. The molecule has 0 bridgehead atoms. The monoisotopic (exact) mass is 349 g/mol. The third-order valence-corrected chi connectivity index (χ3v) is 3.07. The van der Waals surface area contributed by atoms with Crippen molar-refractivity contribution >= 4 is 34.9 Å². The molecule has 0 aliphatic heterocycles. The first-order valence-electron chi connectivity index (χ1n) is 7.33. The van der Waals surface area contributed by atoms with Crippen LogP contribution in [-0.2, 0) is 4.74 Å². The Morgan fingerprint density at radius 3 is 2.54 bits per heavy atom. The normalized spacial score (nSPS) is 10.9. The summed E-state index contributed by atoms with van der Waals surface area (Å²) in [6.45, 7) is 5.39. The largest absolute Gasteiger partial charge is 0.495 e. The second kappa shape index (κ2) is 7.40. The van der Waals surface area contributed by atoms with Crippen molar-refractivity contribution < 1.29 is 14.3 Å². The minimum atomic E-state index is -0.561. The molecule has 1 aromatic carbocycles. The summed E-state index contributed by atoms with van der Waals surface area (Å²) >= 11 is 6.00. The number of halogens is 1. The molecule has 0 saturated heterocycles. The minimum Gasteiger partial charge on any atom is -0.495 e. The molecule has 2 rings (SSSR count). The zero-order chi connectivity index (χ0) is 17.7. The van der Waals surface area contributed by atoms with E-state index in [-0.39, 0.29) is 0 Å². The fourth-order valence-electron chi connectivity index (χ4n) is 1.88. The van der Waals surface area contributed by atoms with Crippen LogP contribution in [0.1, 0.15) is 20.8 Å². The van der Waals surface area contributed by atoms with Crippen LogP contribution in [0.25, 0.3) is 0 Å². The van der Waals surface area contributed by atoms with Crippen molar-refractivity contribution in [2.75, 3.05) is 17.7 Å². The zero-order valence-electron chi connectivity index (χ0n) is 14.0. The lowest BCUT2D eigenvalue weighted by Crippen LogP contribution is -2.27. The molecule has 0 spiro atoms. The number of carbonyl (C=O) groups is 1. The van der Waals surface area contributed by atoms with Gasteiger partial charge in [-0.05, 0) is 51.1 Å². The quantitative estimate of drug-likeness (QED) is 0.826. The summed E-state index contributed by atoms with van der Waals surface area (Å²) < 4.78 is 10.5. The van der Waals surface area contributed by atoms with E-state index in [2.05, 4.69) is 15.6 Å². The molecule has 0 aliphatic rings. The summed E-state index contributed by atoms with van der Waals surface area (Å²) in [5, 5.41) is 6.33. The molecule has 128 valence electrons. The standard InChI is InChI=1S/C17H20ClN3O3/c1-17(2,3)24-16(22)21-15-8-6-12(10-19-15)20-13-9-11(18)5-7-14(13)23-4/h5-10,20H,1-4H3,(H,19,21,22). The van der Waals surface area contributed by atoms with Crippen LogP contribution in [0.15, 0.2) is 36.5 Å². The van der Waals surface area contributed by atoms with Gasteiger partial charge in [-0.3, -0.25) is 5.32 Å². The lowest BCUT2D eigenvalue weighted by molar-refractivity contribution is 0.0635. The first-order valence-corrected chi connectivity index (χ1v) is 7.71. The predicted molar refractivity (Wildman–Crippen MR) is 95.4 cm³/mol. The van der Waals surface area contributed by atoms with Crippen LogP contribution in [0.3, 0.4) is 0 Å². The van der Waals surface area contributed by atoms with E-state index in [4.69, 9.17) is 21.1 Å². The van der Waals surface area contributed by atoms with E-state index in [9.17, 15) is 4.79 Å². The number of carbonyl (C=O) groups excluding carboxylic acids is 1. The topological polar surface area (TPSA) is 72.5 Å². The molecule has 0 radical (unpaired) electrons. The van der Waals surface area contributed by atoms with Crippen LogP contribution in [0.2, 0.25) is 5.02 Å². The van der Waals surface area contributed by atoms with Crippen molar-refractivity contribution in [3.05, 3.63) is 41.6 Å². The Morgan fingerprint density at radius 2 is 1.96 bits per heavy atom. The summed E-state index contributed by atoms with van der Waals surface area (Å²) in [6.07, 6.45) is 1.04. The Morgan fingerprint density at radius 1 is 1.21 bits per heavy atom. The van der Waals surface area contributed by atoms with E-state index in [1.807, 2.05) is 0 Å². The third-order valence-electron chi connectivity index (χ3n) is 2.83. The van der Waals surface area contributed by atoms with Gasteiger partial charge in [0.1, 0.15) is 17.2 Å². The number of benzene rings is 1. The summed E-state index contributed by atoms with van der Waals surface area (Å²) in [6, 6.07) is 8.73. The maximum Gasteiger partial charge on any atom is 0.413 e. The van der Waals surface area contributed by atoms with Gasteiger partial charge in [0.2, 0.25) is 0 Å². The predicted octanol–water partition coefficient (Wildman–Crippen LogP) is 4.83. The number of rotatable bonds is 4. The SMILES string of the molecule is COc1ccc(Cl)cc1Nc1ccc(NC(=O)OC(C)(C)C)nc1. The van der Waals surface area contributed by atoms with Gasteiger partial charge in [-0.25, -0.2) is 9.78 Å². The van der Waals surface area contributed by atoms with Crippen molar-refractivity contribution in [1.29, 1.82) is 0 Å². The summed E-state index contributed by atoms with van der Waals surface area (Å²) in [4.78, 5) is 15.9. The van der Waals surface area contributed by atoms with Crippen LogP contribution >= 0.6 is 11.6 Å². The number of aromatic nitrogens is 1. The lowest BCUT2D eigenvalue weighted by Gasteiger charge is -2.19. The summed E-state index contributed by atoms with van der Waals surface area (Å²) in [5.41, 5.74) is 0.888. The molecule has 0 unspecified atom stereocenters. The van der Waals surface area contributed by atoms with Crippen LogP contribution < -0.4 is 15.4 Å². The molecular formula is C17H20ClN3O3. The number of anilines is 3. The van der Waals surface area contributed by atoms with Crippen LogP contribution in [0, 0.1) is 0 Å². The fourth-order valence-corrected chi connectivity index (χ4v) is 2.06. The van der Waals surface area contributed by atoms with Gasteiger partial charge in [-0.2, -0.15) is 0 Å². The number of nitrogens with zero attached hydrogens (tertiary/aromatic N) is 1. The molecule has 24 heavy (non-hydrogen) atoms. The van der Waals surface area contributed by atoms with Gasteiger partial charge in [0.05, 0.1) is 24.7 Å². The molecule has 6 nitrogen and oxygen atoms in total. The highest BCUT2D eigenvalue weighted by atomic mass is 35.5. The number of hydrogen-bond donors (Lipinski definition) is 2. The van der Waals surface area contributed by atoms with E-state index in [1.54, 1.807) is 64.4 Å². The fraction of sp³-hybridized carbons (Fsp3) is 0.294. The maximum atomic E-state index is 11.7. The Bertz CT molecular complexity index is 712. The Hall–Kier alpha value is -2.47. The second-order valence-electron chi connectivity index (χ2n) is 6.03. The van der Waals surface area contributed by atoms with Crippen molar-refractivity contribution in [3.8, 4) is 5.75 Å². The van der Waals surface area contributed by atoms with Crippen molar-refractivity contribution in [2.45, 2.75) is 26.4 Å². The molecule has 0 aliphatic carbocycles. The molecule has 1 heterocycles. The number of amides is 1. The Kier molecular flexibility index (Phi) is 5.51. The average molecular weight is 350 g/mol. The van der Waals surface area contributed by atoms with Crippen LogP contribution in [0.5, 0.6) is 5.75 Å². The van der Waals surface area contributed by atoms with Gasteiger partial charge in [-0.15, -0.1) is 0 Å². The first kappa shape index (κ1) is 17.9. The van der Waals surface area contributed by atoms with Crippen molar-refractivity contribution in [3.63, 3.8) is 0 Å². The molecule has 1 amide bonds. The molecule has 2 N–H and O–H groups in total. The first-order chi connectivity index (χ1) is 11.3. The highest BCUT2D eigenvalue weighted by Crippen LogP contribution is 2.30. The van der Waals surface area contributed by atoms with Gasteiger partial charge >= 0.3 is 6.09 Å². The molecule has 2 aromatic rings. The Balaban J connectivity index is 2.05. The molecule has 7 heteroatoms. The van der Waals surface area contributed by atoms with E-state index in [0.717, 1.165) is 11.4 Å². The molecular weight excluding hydrogens is 330 g/mol. The van der Waals surface area contributed by atoms with Crippen LogP contribution in [0.4, 0.5) is 22.0 Å². The molecule has 0 saturated carbocycles. The van der Waals surface area contributed by atoms with E-state index >= 15 is 0 Å². The van der Waals surface area contributed by atoms with Crippen LogP contribution in [-0.4, -0.2) is 23.8 Å². The van der Waals surface area contributed by atoms with Crippen molar-refractivity contribution in [2.24, 2.45) is 0 Å². The van der Waals surface area contributed by atoms with E-state index in [1.165, 1.54) is 0 Å². The van der Waals surface area contributed by atoms with Crippen molar-refractivity contribution in [1.82, 2.24) is 4.98 Å². The smallest absolute Gasteiger partial charge is 0.413 e. The Labute approximate surface area is 146 Å². The van der Waals surface area contributed by atoms with E-state index < -0.39 is 11.7 Å². The summed E-state index contributed by atoms with van der Waals surface area (Å²) in [7, 11) is 1.58. The van der Waals surface area contributed by atoms with Gasteiger partial charge in [0.25, 0.3) is 0 Å². The van der Waals surface area contributed by atoms with Gasteiger partial charge in [0.15, 0.2) is 0 Å². The number of hydrogen-bond acceptors (Lipinski definition) is 5. The van der Waals surface area contributed by atoms with Gasteiger partial charge in [-0.1, -0.05) is 11.6 Å². The highest BCUT2D eigenvalue weighted by Gasteiger charge is 2.16. The molecule has 1 aromatic heterocycles. The summed E-state index contributed by atoms with van der Waals surface area (Å²) in [5.74, 6) is 1.06. The highest BCUT2D eigenvalue weighted by molar-refractivity contribution is 6.31. The third kappa shape index (κ3) is 5.31. The molecule has 0 atom stereocenters. The number of pyridine rings is 1. The second-order valence-corrected chi connectivity index (χ2v) is 6.47. The van der Waals surface area contributed by atoms with Gasteiger partial charge in [0, 0.05) is 5.02 Å². The lowest BCUT2D eigenvalue weighted by atomic mass is 10.2.